The summed E-state index contributed by atoms with van der Waals surface area (Å²) in [4.78, 5) is 38.4. The normalized spacial score (nSPS) is 19.3. The molecule has 1 aromatic rings. The average Bonchev–Trinajstić information content (AvgIpc) is 2.90. The molecule has 0 unspecified atom stereocenters. The molecule has 1 fully saturated rings. The Morgan fingerprint density at radius 1 is 1.21 bits per heavy atom. The van der Waals surface area contributed by atoms with Crippen LogP contribution in [0.2, 0.25) is 0 Å². The lowest BCUT2D eigenvalue weighted by Gasteiger charge is -2.23. The number of nitrogens with one attached hydrogen (secondary N) is 1. The Hall–Kier alpha value is -2.77. The number of amides is 2. The van der Waals surface area contributed by atoms with Gasteiger partial charge in [0.15, 0.2) is 0 Å². The number of nitrogens with zero attached hydrogens (tertiary/aromatic N) is 1. The molecule has 8 heteroatoms. The summed E-state index contributed by atoms with van der Waals surface area (Å²) in [7, 11) is 1.57. The number of esters is 1. The molecule has 0 radical (unpaired) electrons. The van der Waals surface area contributed by atoms with Crippen molar-refractivity contribution in [1.82, 2.24) is 10.2 Å². The zero-order valence-electron chi connectivity index (χ0n) is 17.0. The Morgan fingerprint density at radius 2 is 1.86 bits per heavy atom. The standard InChI is InChI=1S/C20H28N2O6/c1-6-27-16(23)12-22-11-15(13-7-9-14(26-5)10-8-13)17(18(22)24)21-19(25)28-20(2,3)4/h7-10,15,17H,6,11-12H2,1-5H3,(H,21,25)/t15-,17-/m0/s1. The monoisotopic (exact) mass is 392 g/mol. The van der Waals surface area contributed by atoms with E-state index in [2.05, 4.69) is 5.32 Å². The number of ether oxygens (including phenoxy) is 3. The number of carbonyl (C=O) groups excluding carboxylic acids is 3. The van der Waals surface area contributed by atoms with E-state index in [1.54, 1.807) is 46.9 Å². The molecule has 8 nitrogen and oxygen atoms in total. The molecular formula is C20H28N2O6. The van der Waals surface area contributed by atoms with Crippen molar-refractivity contribution in [3.63, 3.8) is 0 Å². The molecule has 1 N–H and O–H groups in total. The van der Waals surface area contributed by atoms with Crippen LogP contribution in [-0.4, -0.2) is 61.3 Å². The van der Waals surface area contributed by atoms with Gasteiger partial charge in [0.25, 0.3) is 0 Å². The van der Waals surface area contributed by atoms with Crippen LogP contribution in [-0.2, 0) is 19.1 Å². The van der Waals surface area contributed by atoms with Crippen molar-refractivity contribution < 1.29 is 28.6 Å². The number of benzene rings is 1. The average molecular weight is 392 g/mol. The molecule has 1 saturated heterocycles. The fourth-order valence-corrected chi connectivity index (χ4v) is 3.05. The van der Waals surface area contributed by atoms with E-state index < -0.39 is 23.7 Å². The minimum absolute atomic E-state index is 0.161. The SMILES string of the molecule is CCOC(=O)CN1C[C@@H](c2ccc(OC)cc2)[C@H](NC(=O)OC(C)(C)C)C1=O. The summed E-state index contributed by atoms with van der Waals surface area (Å²) >= 11 is 0. The molecule has 154 valence electrons. The number of hydrogen-bond acceptors (Lipinski definition) is 6. The molecule has 0 aliphatic carbocycles. The van der Waals surface area contributed by atoms with Gasteiger partial charge in [-0.1, -0.05) is 12.1 Å². The Bertz CT molecular complexity index is 710. The van der Waals surface area contributed by atoms with Crippen LogP contribution in [0.15, 0.2) is 24.3 Å². The van der Waals surface area contributed by atoms with E-state index in [9.17, 15) is 14.4 Å². The van der Waals surface area contributed by atoms with Gasteiger partial charge in [-0.2, -0.15) is 0 Å². The van der Waals surface area contributed by atoms with Crippen LogP contribution in [0.3, 0.4) is 0 Å². The number of rotatable bonds is 6. The maximum Gasteiger partial charge on any atom is 0.408 e. The first kappa shape index (κ1) is 21.5. The van der Waals surface area contributed by atoms with Crippen LogP contribution in [0, 0.1) is 0 Å². The molecule has 1 aliphatic heterocycles. The second-order valence-corrected chi connectivity index (χ2v) is 7.53. The summed E-state index contributed by atoms with van der Waals surface area (Å²) in [5, 5.41) is 2.66. The molecule has 1 heterocycles. The van der Waals surface area contributed by atoms with Crippen LogP contribution in [0.1, 0.15) is 39.2 Å². The van der Waals surface area contributed by atoms with Gasteiger partial charge < -0.3 is 24.4 Å². The molecule has 1 aromatic carbocycles. The number of carbonyl (C=O) groups is 3. The third kappa shape index (κ3) is 5.61. The molecular weight excluding hydrogens is 364 g/mol. The topological polar surface area (TPSA) is 94.2 Å². The van der Waals surface area contributed by atoms with Gasteiger partial charge in [-0.05, 0) is 45.4 Å². The summed E-state index contributed by atoms with van der Waals surface area (Å²) in [6.07, 6.45) is -0.678. The Balaban J connectivity index is 2.22. The van der Waals surface area contributed by atoms with Gasteiger partial charge >= 0.3 is 12.1 Å². The first-order valence-electron chi connectivity index (χ1n) is 9.22. The molecule has 2 amide bonds. The third-order valence-corrected chi connectivity index (χ3v) is 4.24. The highest BCUT2D eigenvalue weighted by molar-refractivity contribution is 5.91. The number of alkyl carbamates (subject to hydrolysis) is 1. The molecule has 28 heavy (non-hydrogen) atoms. The predicted molar refractivity (Wildman–Crippen MR) is 102 cm³/mol. The van der Waals surface area contributed by atoms with Crippen molar-refractivity contribution in [3.05, 3.63) is 29.8 Å². The maximum atomic E-state index is 12.9. The van der Waals surface area contributed by atoms with Gasteiger partial charge in [0.1, 0.15) is 23.9 Å². The summed E-state index contributed by atoms with van der Waals surface area (Å²) in [5.41, 5.74) is 0.160. The second kappa shape index (κ2) is 8.95. The molecule has 0 saturated carbocycles. The quantitative estimate of drug-likeness (QED) is 0.745. The lowest BCUT2D eigenvalue weighted by atomic mass is 9.94. The molecule has 0 bridgehead atoms. The van der Waals surface area contributed by atoms with Crippen LogP contribution in [0.4, 0.5) is 4.79 Å². The minimum atomic E-state index is -0.835. The molecule has 2 rings (SSSR count). The van der Waals surface area contributed by atoms with E-state index in [0.29, 0.717) is 5.75 Å². The van der Waals surface area contributed by atoms with Crippen molar-refractivity contribution in [2.75, 3.05) is 26.8 Å². The van der Waals surface area contributed by atoms with E-state index >= 15 is 0 Å². The van der Waals surface area contributed by atoms with Gasteiger partial charge in [0, 0.05) is 12.5 Å². The summed E-state index contributed by atoms with van der Waals surface area (Å²) in [5.74, 6) is -0.476. The number of likely N-dealkylation sites (tertiary alicyclic amines) is 1. The first-order valence-corrected chi connectivity index (χ1v) is 9.22. The lowest BCUT2D eigenvalue weighted by Crippen LogP contribution is -2.46. The van der Waals surface area contributed by atoms with Gasteiger partial charge in [-0.25, -0.2) is 4.79 Å². The van der Waals surface area contributed by atoms with Gasteiger partial charge in [0.05, 0.1) is 13.7 Å². The predicted octanol–water partition coefficient (Wildman–Crippen LogP) is 2.08. The van der Waals surface area contributed by atoms with Crippen LogP contribution < -0.4 is 10.1 Å². The highest BCUT2D eigenvalue weighted by Crippen LogP contribution is 2.30. The Kier molecular flexibility index (Phi) is 6.88. The maximum absolute atomic E-state index is 12.9. The molecule has 0 aromatic heterocycles. The van der Waals surface area contributed by atoms with Crippen LogP contribution in [0.25, 0.3) is 0 Å². The zero-order valence-corrected chi connectivity index (χ0v) is 17.0. The van der Waals surface area contributed by atoms with Crippen molar-refractivity contribution in [2.24, 2.45) is 0 Å². The smallest absolute Gasteiger partial charge is 0.408 e. The summed E-state index contributed by atoms with van der Waals surface area (Å²) in [6, 6.07) is 6.43. The highest BCUT2D eigenvalue weighted by Gasteiger charge is 2.43. The van der Waals surface area contributed by atoms with Gasteiger partial charge in [0.2, 0.25) is 5.91 Å². The van der Waals surface area contributed by atoms with Crippen molar-refractivity contribution in [1.29, 1.82) is 0 Å². The fourth-order valence-electron chi connectivity index (χ4n) is 3.05. The summed E-state index contributed by atoms with van der Waals surface area (Å²) in [6.45, 7) is 7.31. The van der Waals surface area contributed by atoms with Gasteiger partial charge in [-0.3, -0.25) is 9.59 Å². The number of hydrogen-bond donors (Lipinski definition) is 1. The highest BCUT2D eigenvalue weighted by atomic mass is 16.6. The van der Waals surface area contributed by atoms with Crippen LogP contribution in [0.5, 0.6) is 5.75 Å². The van der Waals surface area contributed by atoms with Crippen molar-refractivity contribution in [2.45, 2.75) is 45.3 Å². The van der Waals surface area contributed by atoms with Crippen LogP contribution >= 0.6 is 0 Å². The second-order valence-electron chi connectivity index (χ2n) is 7.53. The first-order chi connectivity index (χ1) is 13.1. The van der Waals surface area contributed by atoms with E-state index in [-0.39, 0.29) is 31.5 Å². The van der Waals surface area contributed by atoms with Crippen molar-refractivity contribution in [3.8, 4) is 5.75 Å². The fraction of sp³-hybridized carbons (Fsp3) is 0.550. The van der Waals surface area contributed by atoms with Gasteiger partial charge in [-0.15, -0.1) is 0 Å². The number of methoxy groups -OCH3 is 1. The Morgan fingerprint density at radius 3 is 2.39 bits per heavy atom. The largest absolute Gasteiger partial charge is 0.497 e. The molecule has 1 aliphatic rings. The van der Waals surface area contributed by atoms with E-state index in [1.807, 2.05) is 12.1 Å². The molecule has 2 atom stereocenters. The van der Waals surface area contributed by atoms with Crippen molar-refractivity contribution >= 4 is 18.0 Å². The van der Waals surface area contributed by atoms with E-state index in [4.69, 9.17) is 14.2 Å². The van der Waals surface area contributed by atoms with E-state index in [0.717, 1.165) is 5.56 Å². The minimum Gasteiger partial charge on any atom is -0.497 e. The van der Waals surface area contributed by atoms with E-state index in [1.165, 1.54) is 4.90 Å². The lowest BCUT2D eigenvalue weighted by molar-refractivity contribution is -0.147. The zero-order chi connectivity index (χ0) is 20.9. The third-order valence-electron chi connectivity index (χ3n) is 4.24. The Labute approximate surface area is 165 Å². The molecule has 0 spiro atoms. The summed E-state index contributed by atoms with van der Waals surface area (Å²) < 4.78 is 15.4.